The summed E-state index contributed by atoms with van der Waals surface area (Å²) in [5.74, 6) is 5.35. The van der Waals surface area contributed by atoms with Crippen molar-refractivity contribution in [1.29, 1.82) is 0 Å². The third kappa shape index (κ3) is 1.26. The molecule has 0 aliphatic carbocycles. The van der Waals surface area contributed by atoms with Crippen LogP contribution in [0.1, 0.15) is 5.69 Å². The van der Waals surface area contributed by atoms with Crippen LogP contribution in [0.2, 0.25) is 0 Å². The fourth-order valence-corrected chi connectivity index (χ4v) is 1.10. The van der Waals surface area contributed by atoms with Crippen molar-refractivity contribution in [2.75, 3.05) is 6.54 Å². The Balaban J connectivity index is 2.73. The molecule has 70 valence electrons. The van der Waals surface area contributed by atoms with Gasteiger partial charge in [0.25, 0.3) is 5.56 Å². The number of nitrogens with zero attached hydrogens (tertiary/aromatic N) is 2. The highest BCUT2D eigenvalue weighted by Gasteiger charge is 2.06. The van der Waals surface area contributed by atoms with Crippen LogP contribution in [0.15, 0.2) is 11.1 Å². The summed E-state index contributed by atoms with van der Waals surface area (Å²) in [6, 6.07) is 0. The lowest BCUT2D eigenvalue weighted by molar-refractivity contribution is 1.07. The quantitative estimate of drug-likeness (QED) is 0.460. The highest BCUT2D eigenvalue weighted by atomic mass is 16.1. The van der Waals surface area contributed by atoms with Gasteiger partial charge in [-0.3, -0.25) is 9.89 Å². The van der Waals surface area contributed by atoms with Crippen LogP contribution in [0.25, 0.3) is 11.0 Å². The summed E-state index contributed by atoms with van der Waals surface area (Å²) >= 11 is 0. The molecule has 14 heavy (non-hydrogen) atoms. The van der Waals surface area contributed by atoms with Crippen LogP contribution in [-0.4, -0.2) is 26.7 Å². The zero-order valence-electron chi connectivity index (χ0n) is 7.16. The molecular formula is C8H7N5O. The van der Waals surface area contributed by atoms with Crippen molar-refractivity contribution < 1.29 is 0 Å². The first-order valence-corrected chi connectivity index (χ1v) is 3.93. The molecular weight excluding hydrogens is 182 g/mol. The highest BCUT2D eigenvalue weighted by molar-refractivity contribution is 5.79. The van der Waals surface area contributed by atoms with E-state index in [0.29, 0.717) is 16.7 Å². The Morgan fingerprint density at radius 2 is 2.43 bits per heavy atom. The molecule has 0 saturated heterocycles. The lowest BCUT2D eigenvalue weighted by Gasteiger charge is -1.84. The van der Waals surface area contributed by atoms with E-state index in [1.165, 1.54) is 6.33 Å². The molecule has 2 aromatic heterocycles. The number of H-pyrrole nitrogens is 2. The first-order chi connectivity index (χ1) is 6.83. The van der Waals surface area contributed by atoms with E-state index in [-0.39, 0.29) is 12.1 Å². The molecule has 4 N–H and O–H groups in total. The number of nitrogens with one attached hydrogen (secondary N) is 2. The number of fused-ring (bicyclic) bond motifs is 1. The third-order valence-electron chi connectivity index (χ3n) is 1.67. The van der Waals surface area contributed by atoms with E-state index >= 15 is 0 Å². The van der Waals surface area contributed by atoms with Gasteiger partial charge >= 0.3 is 0 Å². The van der Waals surface area contributed by atoms with Gasteiger partial charge < -0.3 is 10.7 Å². The monoisotopic (exact) mass is 189 g/mol. The van der Waals surface area contributed by atoms with Gasteiger partial charge in [0, 0.05) is 0 Å². The van der Waals surface area contributed by atoms with Crippen LogP contribution in [0.5, 0.6) is 0 Å². The van der Waals surface area contributed by atoms with Crippen LogP contribution < -0.4 is 11.3 Å². The van der Waals surface area contributed by atoms with Crippen LogP contribution in [0, 0.1) is 11.8 Å². The maximum atomic E-state index is 11.4. The molecule has 0 aliphatic rings. The lowest BCUT2D eigenvalue weighted by Crippen LogP contribution is -2.06. The number of aromatic amines is 2. The number of hydrogen-bond donors (Lipinski definition) is 3. The maximum Gasteiger partial charge on any atom is 0.263 e. The average molecular weight is 189 g/mol. The van der Waals surface area contributed by atoms with Crippen LogP contribution in [0.3, 0.4) is 0 Å². The van der Waals surface area contributed by atoms with Crippen LogP contribution >= 0.6 is 0 Å². The minimum atomic E-state index is -0.259. The van der Waals surface area contributed by atoms with Crippen LogP contribution in [0.4, 0.5) is 0 Å². The second kappa shape index (κ2) is 3.32. The second-order valence-electron chi connectivity index (χ2n) is 2.53. The average Bonchev–Trinajstić information content (AvgIpc) is 2.59. The Bertz CT molecular complexity index is 570. The molecule has 0 spiro atoms. The second-order valence-corrected chi connectivity index (χ2v) is 2.53. The van der Waals surface area contributed by atoms with E-state index in [2.05, 4.69) is 32.0 Å². The Hall–Kier alpha value is -2.13. The van der Waals surface area contributed by atoms with Gasteiger partial charge in [-0.05, 0) is 5.92 Å². The van der Waals surface area contributed by atoms with E-state index < -0.39 is 0 Å². The molecule has 0 radical (unpaired) electrons. The Morgan fingerprint density at radius 3 is 3.21 bits per heavy atom. The van der Waals surface area contributed by atoms with Crippen molar-refractivity contribution in [3.05, 3.63) is 22.4 Å². The van der Waals surface area contributed by atoms with E-state index in [9.17, 15) is 4.79 Å². The standard InChI is InChI=1S/C8H7N5O/c9-3-1-2-5-6-7(13-12-5)10-4-11-8(6)14/h4H,3,9H2,(H2,10,11,12,13,14). The normalized spacial score (nSPS) is 9.79. The zero-order chi connectivity index (χ0) is 9.97. The van der Waals surface area contributed by atoms with Crippen molar-refractivity contribution in [3.8, 4) is 11.8 Å². The van der Waals surface area contributed by atoms with E-state index in [1.54, 1.807) is 0 Å². The zero-order valence-corrected chi connectivity index (χ0v) is 7.16. The smallest absolute Gasteiger partial charge is 0.263 e. The largest absolute Gasteiger partial charge is 0.320 e. The topological polar surface area (TPSA) is 100 Å². The number of rotatable bonds is 0. The fraction of sp³-hybridized carbons (Fsp3) is 0.125. The molecule has 0 aliphatic heterocycles. The van der Waals surface area contributed by atoms with Gasteiger partial charge in [-0.1, -0.05) is 5.92 Å². The minimum Gasteiger partial charge on any atom is -0.320 e. The fourth-order valence-electron chi connectivity index (χ4n) is 1.10. The third-order valence-corrected chi connectivity index (χ3v) is 1.67. The predicted octanol–water partition coefficient (Wildman–Crippen LogP) is -1.04. The lowest BCUT2D eigenvalue weighted by atomic mass is 10.3. The molecule has 0 saturated carbocycles. The molecule has 6 heteroatoms. The molecule has 2 heterocycles. The summed E-state index contributed by atoms with van der Waals surface area (Å²) in [7, 11) is 0. The van der Waals surface area contributed by atoms with Crippen molar-refractivity contribution in [2.45, 2.75) is 0 Å². The summed E-state index contributed by atoms with van der Waals surface area (Å²) in [6.45, 7) is 0.235. The first-order valence-electron chi connectivity index (χ1n) is 3.93. The molecule has 0 amide bonds. The van der Waals surface area contributed by atoms with Gasteiger partial charge in [0.2, 0.25) is 0 Å². The molecule has 0 atom stereocenters. The van der Waals surface area contributed by atoms with Gasteiger partial charge in [0.15, 0.2) is 5.65 Å². The summed E-state index contributed by atoms with van der Waals surface area (Å²) in [5, 5.41) is 6.83. The summed E-state index contributed by atoms with van der Waals surface area (Å²) in [6.07, 6.45) is 1.30. The van der Waals surface area contributed by atoms with E-state index in [4.69, 9.17) is 5.73 Å². The van der Waals surface area contributed by atoms with Crippen molar-refractivity contribution >= 4 is 11.0 Å². The number of hydrogen-bond acceptors (Lipinski definition) is 4. The summed E-state index contributed by atoms with van der Waals surface area (Å²) in [5.41, 5.74) is 5.76. The van der Waals surface area contributed by atoms with Crippen LogP contribution in [-0.2, 0) is 0 Å². The molecule has 0 fully saturated rings. The molecule has 2 aromatic rings. The van der Waals surface area contributed by atoms with Gasteiger partial charge in [-0.25, -0.2) is 4.98 Å². The summed E-state index contributed by atoms with van der Waals surface area (Å²) < 4.78 is 0. The van der Waals surface area contributed by atoms with Crippen molar-refractivity contribution in [1.82, 2.24) is 20.2 Å². The maximum absolute atomic E-state index is 11.4. The molecule has 6 nitrogen and oxygen atoms in total. The first kappa shape index (κ1) is 8.47. The Kier molecular flexibility index (Phi) is 2.01. The number of nitrogens with two attached hydrogens (primary N) is 1. The van der Waals surface area contributed by atoms with Crippen molar-refractivity contribution in [3.63, 3.8) is 0 Å². The molecule has 0 aromatic carbocycles. The molecule has 0 bridgehead atoms. The van der Waals surface area contributed by atoms with E-state index in [0.717, 1.165) is 0 Å². The van der Waals surface area contributed by atoms with Gasteiger partial charge in [0.1, 0.15) is 11.1 Å². The molecule has 0 unspecified atom stereocenters. The minimum absolute atomic E-state index is 0.235. The predicted molar refractivity (Wildman–Crippen MR) is 50.4 cm³/mol. The summed E-state index contributed by atoms with van der Waals surface area (Å²) in [4.78, 5) is 17.7. The van der Waals surface area contributed by atoms with Gasteiger partial charge in [-0.2, -0.15) is 5.10 Å². The van der Waals surface area contributed by atoms with Gasteiger partial charge in [-0.15, -0.1) is 0 Å². The van der Waals surface area contributed by atoms with E-state index in [1.807, 2.05) is 0 Å². The Labute approximate surface area is 78.5 Å². The van der Waals surface area contributed by atoms with Gasteiger partial charge in [0.05, 0.1) is 12.9 Å². The number of aromatic nitrogens is 4. The SMILES string of the molecule is NCC#Cc1[nH]nc2nc[nH]c(=O)c12. The van der Waals surface area contributed by atoms with Crippen molar-refractivity contribution in [2.24, 2.45) is 5.73 Å². The Morgan fingerprint density at radius 1 is 1.57 bits per heavy atom. The molecule has 2 rings (SSSR count). The highest BCUT2D eigenvalue weighted by Crippen LogP contribution is 2.05.